The second-order valence-electron chi connectivity index (χ2n) is 5.41. The van der Waals surface area contributed by atoms with Crippen LogP contribution in [0.1, 0.15) is 17.0 Å². The molecule has 0 amide bonds. The van der Waals surface area contributed by atoms with Gasteiger partial charge in [-0.25, -0.2) is 0 Å². The van der Waals surface area contributed by atoms with E-state index in [0.717, 1.165) is 0 Å². The predicted octanol–water partition coefficient (Wildman–Crippen LogP) is 4.00. The zero-order chi connectivity index (χ0) is 18.0. The third-order valence-electron chi connectivity index (χ3n) is 3.99. The Balaban J connectivity index is 2.09. The number of rotatable bonds is 4. The quantitative estimate of drug-likeness (QED) is 0.610. The Hall–Kier alpha value is -3.04. The molecule has 25 heavy (non-hydrogen) atoms. The lowest BCUT2D eigenvalue weighted by Gasteiger charge is -2.13. The minimum Gasteiger partial charge on any atom is -0.497 e. The molecule has 0 N–H and O–H groups in total. The van der Waals surface area contributed by atoms with Crippen molar-refractivity contribution in [3.05, 3.63) is 80.4 Å². The standard InChI is InChI=1S/C18H13ClN2O4/c1-24-14-8-4-12(5-9-14)17-15(10-20)16(18(25-17)21(22)23)11-2-6-13(19)7-3-11/h2-9,16,18H,1H3/t16-,18-/m0/s1. The highest BCUT2D eigenvalue weighted by atomic mass is 35.5. The number of ether oxygens (including phenoxy) is 2. The van der Waals surface area contributed by atoms with Crippen molar-refractivity contribution in [1.29, 1.82) is 5.26 Å². The molecular weight excluding hydrogens is 344 g/mol. The average Bonchev–Trinajstić information content (AvgIpc) is 3.02. The monoisotopic (exact) mass is 356 g/mol. The molecule has 0 saturated carbocycles. The van der Waals surface area contributed by atoms with Crippen molar-refractivity contribution in [3.63, 3.8) is 0 Å². The van der Waals surface area contributed by atoms with Crippen LogP contribution in [0.15, 0.2) is 54.1 Å². The van der Waals surface area contributed by atoms with Crippen LogP contribution in [0.4, 0.5) is 0 Å². The Morgan fingerprint density at radius 3 is 2.36 bits per heavy atom. The van der Waals surface area contributed by atoms with E-state index in [1.165, 1.54) is 0 Å². The molecule has 0 bridgehead atoms. The molecule has 2 aromatic rings. The third-order valence-corrected chi connectivity index (χ3v) is 4.24. The summed E-state index contributed by atoms with van der Waals surface area (Å²) in [6.07, 6.45) is -1.37. The first-order valence-electron chi connectivity index (χ1n) is 7.39. The highest BCUT2D eigenvalue weighted by Gasteiger charge is 2.46. The molecule has 2 atom stereocenters. The predicted molar refractivity (Wildman–Crippen MR) is 91.6 cm³/mol. The summed E-state index contributed by atoms with van der Waals surface area (Å²) in [5.41, 5.74) is 1.40. The lowest BCUT2D eigenvalue weighted by Crippen LogP contribution is -2.26. The number of benzene rings is 2. The van der Waals surface area contributed by atoms with Crippen molar-refractivity contribution < 1.29 is 14.4 Å². The fraction of sp³-hybridized carbons (Fsp3) is 0.167. The number of hydrogen-bond acceptors (Lipinski definition) is 5. The van der Waals surface area contributed by atoms with Crippen molar-refractivity contribution in [3.8, 4) is 11.8 Å². The van der Waals surface area contributed by atoms with Gasteiger partial charge in [-0.3, -0.25) is 10.1 Å². The molecule has 0 saturated heterocycles. The molecule has 0 unspecified atom stereocenters. The van der Waals surface area contributed by atoms with Gasteiger partial charge >= 0.3 is 6.23 Å². The number of nitrogens with zero attached hydrogens (tertiary/aromatic N) is 2. The number of nitriles is 1. The summed E-state index contributed by atoms with van der Waals surface area (Å²) < 4.78 is 10.7. The number of methoxy groups -OCH3 is 1. The van der Waals surface area contributed by atoms with Crippen LogP contribution in [-0.4, -0.2) is 18.3 Å². The van der Waals surface area contributed by atoms with E-state index in [1.54, 1.807) is 55.6 Å². The van der Waals surface area contributed by atoms with E-state index < -0.39 is 17.1 Å². The van der Waals surface area contributed by atoms with Crippen LogP contribution in [0.5, 0.6) is 5.75 Å². The molecule has 3 rings (SSSR count). The lowest BCUT2D eigenvalue weighted by molar-refractivity contribution is -0.567. The van der Waals surface area contributed by atoms with E-state index in [-0.39, 0.29) is 11.3 Å². The fourth-order valence-electron chi connectivity index (χ4n) is 2.79. The Morgan fingerprint density at radius 2 is 1.84 bits per heavy atom. The van der Waals surface area contributed by atoms with Gasteiger partial charge in [-0.2, -0.15) is 5.26 Å². The molecule has 0 aliphatic carbocycles. The minimum atomic E-state index is -1.37. The molecule has 1 heterocycles. The largest absolute Gasteiger partial charge is 0.497 e. The summed E-state index contributed by atoms with van der Waals surface area (Å²) in [5, 5.41) is 21.6. The van der Waals surface area contributed by atoms with Crippen LogP contribution in [-0.2, 0) is 4.74 Å². The molecule has 6 nitrogen and oxygen atoms in total. The van der Waals surface area contributed by atoms with Gasteiger partial charge in [0, 0.05) is 10.6 Å². The molecule has 1 aliphatic rings. The van der Waals surface area contributed by atoms with E-state index in [9.17, 15) is 15.4 Å². The highest BCUT2D eigenvalue weighted by Crippen LogP contribution is 2.43. The number of hydrogen-bond donors (Lipinski definition) is 0. The van der Waals surface area contributed by atoms with E-state index in [4.69, 9.17) is 21.1 Å². The van der Waals surface area contributed by atoms with Crippen LogP contribution >= 0.6 is 11.6 Å². The summed E-state index contributed by atoms with van der Waals surface area (Å²) >= 11 is 5.89. The Labute approximate surface area is 149 Å². The van der Waals surface area contributed by atoms with E-state index in [1.807, 2.05) is 0 Å². The van der Waals surface area contributed by atoms with Crippen molar-refractivity contribution in [2.75, 3.05) is 7.11 Å². The van der Waals surface area contributed by atoms with Crippen LogP contribution < -0.4 is 4.74 Å². The van der Waals surface area contributed by atoms with E-state index >= 15 is 0 Å². The third kappa shape index (κ3) is 3.14. The molecule has 1 aliphatic heterocycles. The van der Waals surface area contributed by atoms with Crippen molar-refractivity contribution in [2.24, 2.45) is 0 Å². The number of nitro groups is 1. The summed E-state index contributed by atoms with van der Waals surface area (Å²) in [7, 11) is 1.54. The van der Waals surface area contributed by atoms with Gasteiger partial charge in [-0.1, -0.05) is 23.7 Å². The van der Waals surface area contributed by atoms with Crippen molar-refractivity contribution in [1.82, 2.24) is 0 Å². The van der Waals surface area contributed by atoms with E-state index in [0.29, 0.717) is 21.9 Å². The molecule has 0 radical (unpaired) electrons. The summed E-state index contributed by atoms with van der Waals surface area (Å²) in [6, 6.07) is 15.5. The van der Waals surface area contributed by atoms with Crippen molar-refractivity contribution >= 4 is 17.4 Å². The Kier molecular flexibility index (Phi) is 4.59. The maximum absolute atomic E-state index is 11.5. The second-order valence-corrected chi connectivity index (χ2v) is 5.84. The second kappa shape index (κ2) is 6.83. The first-order valence-corrected chi connectivity index (χ1v) is 7.77. The zero-order valence-corrected chi connectivity index (χ0v) is 13.9. The van der Waals surface area contributed by atoms with Gasteiger partial charge in [0.05, 0.1) is 23.7 Å². The molecule has 126 valence electrons. The average molecular weight is 357 g/mol. The number of halogens is 1. The van der Waals surface area contributed by atoms with Crippen molar-refractivity contribution in [2.45, 2.75) is 12.1 Å². The van der Waals surface area contributed by atoms with Crippen LogP contribution in [0.2, 0.25) is 5.02 Å². The van der Waals surface area contributed by atoms with Gasteiger partial charge in [-0.15, -0.1) is 0 Å². The van der Waals surface area contributed by atoms with Crippen LogP contribution in [0, 0.1) is 21.4 Å². The van der Waals surface area contributed by atoms with Gasteiger partial charge < -0.3 is 9.47 Å². The van der Waals surface area contributed by atoms with Gasteiger partial charge in [0.25, 0.3) is 0 Å². The topological polar surface area (TPSA) is 85.4 Å². The van der Waals surface area contributed by atoms with Gasteiger partial charge in [-0.05, 0) is 42.0 Å². The van der Waals surface area contributed by atoms with Crippen LogP contribution in [0.3, 0.4) is 0 Å². The summed E-state index contributed by atoms with van der Waals surface area (Å²) in [4.78, 5) is 11.0. The van der Waals surface area contributed by atoms with Gasteiger partial charge in [0.1, 0.15) is 17.4 Å². The SMILES string of the molecule is COc1ccc(C2=C(C#N)[C@H](c3ccc(Cl)cc3)[C@@H]([N+](=O)[O-])O2)cc1. The van der Waals surface area contributed by atoms with Gasteiger partial charge in [0.2, 0.25) is 0 Å². The lowest BCUT2D eigenvalue weighted by atomic mass is 9.90. The first-order chi connectivity index (χ1) is 12.0. The maximum atomic E-state index is 11.5. The van der Waals surface area contributed by atoms with Crippen LogP contribution in [0.25, 0.3) is 5.76 Å². The Morgan fingerprint density at radius 1 is 1.20 bits per heavy atom. The first kappa shape index (κ1) is 16.8. The smallest absolute Gasteiger partial charge is 0.365 e. The summed E-state index contributed by atoms with van der Waals surface area (Å²) in [5.74, 6) is 0.0575. The highest BCUT2D eigenvalue weighted by molar-refractivity contribution is 6.30. The zero-order valence-electron chi connectivity index (χ0n) is 13.2. The van der Waals surface area contributed by atoms with E-state index in [2.05, 4.69) is 6.07 Å². The summed E-state index contributed by atoms with van der Waals surface area (Å²) in [6.45, 7) is 0. The molecular formula is C18H13ClN2O4. The molecule has 0 spiro atoms. The fourth-order valence-corrected chi connectivity index (χ4v) is 2.91. The van der Waals surface area contributed by atoms with Gasteiger partial charge in [0.15, 0.2) is 0 Å². The Bertz CT molecular complexity index is 869. The molecule has 2 aromatic carbocycles. The minimum absolute atomic E-state index is 0.215. The molecule has 0 fully saturated rings. The normalized spacial score (nSPS) is 19.2. The molecule has 7 heteroatoms. The maximum Gasteiger partial charge on any atom is 0.365 e. The molecule has 0 aromatic heterocycles.